The van der Waals surface area contributed by atoms with Crippen LogP contribution < -0.4 is 19.6 Å². The topological polar surface area (TPSA) is 13.0 Å². The Morgan fingerprint density at radius 2 is 0.383 bits per heavy atom. The fourth-order valence-electron chi connectivity index (χ4n) is 16.5. The van der Waals surface area contributed by atoms with Crippen molar-refractivity contribution in [1.82, 2.24) is 0 Å². The molecule has 0 aliphatic heterocycles. The van der Waals surface area contributed by atoms with E-state index in [1.807, 2.05) is 194 Å². The number of nitrogens with zero attached hydrogens (tertiary/aromatic N) is 4. The molecule has 0 spiro atoms. The molecule has 0 aromatic heterocycles. The van der Waals surface area contributed by atoms with Crippen LogP contribution in [-0.4, -0.2) is 0 Å². The minimum absolute atomic E-state index is 0.00319. The lowest BCUT2D eigenvalue weighted by atomic mass is 9.91. The summed E-state index contributed by atoms with van der Waals surface area (Å²) < 4.78 is 186. The third kappa shape index (κ3) is 13.5. The highest BCUT2D eigenvalue weighted by molar-refractivity contribution is 6.30. The average molecular weight is 1590 g/mol. The van der Waals surface area contributed by atoms with Gasteiger partial charge in [0.1, 0.15) is 69.8 Å². The van der Waals surface area contributed by atoms with Crippen LogP contribution in [-0.2, 0) is 0 Å². The van der Waals surface area contributed by atoms with E-state index in [1.165, 1.54) is 84.9 Å². The highest BCUT2D eigenvalue weighted by atomic mass is 19.2. The van der Waals surface area contributed by atoms with Crippen LogP contribution in [0.1, 0.15) is 0 Å². The molecule has 0 atom stereocenters. The zero-order valence-electron chi connectivity index (χ0n) is 63.0. The van der Waals surface area contributed by atoms with Crippen molar-refractivity contribution in [3.05, 3.63) is 434 Å². The standard InChI is InChI=1S/2C52H30F6N2/c53-35-11-7-9-33(25-35)41-27-45(57)49(29-43(41)55)59(37-13-3-1-4-14-37)47-23-19-31-18-22-40-48(24-20-32-17-21-39(47)51(31)52(32)40)60(38-15-5-2-6-16-38)50-30-44(56)42(28-46(50)58)34-10-8-12-36(54)26-34;53-35-19-11-31(12-20-35)41-27-45(57)49(29-43(41)55)59(37-7-3-1-4-8-37)47-25-17-33-16-24-40-48(26-18-34-15-23-39(47)51(33)52(34)40)60(38-9-5-2-6-10-38)50-30-44(56)42(28-46(50)58)32-13-21-36(54)22-14-32/h2*1-30H. The van der Waals surface area contributed by atoms with E-state index in [-0.39, 0.29) is 56.1 Å². The smallest absolute Gasteiger partial charge is 0.148 e. The summed E-state index contributed by atoms with van der Waals surface area (Å²) in [5.74, 6) is -7.75. The Kier molecular flexibility index (Phi) is 19.2. The van der Waals surface area contributed by atoms with Crippen LogP contribution in [0.3, 0.4) is 0 Å². The highest BCUT2D eigenvalue weighted by Gasteiger charge is 2.30. The lowest BCUT2D eigenvalue weighted by Crippen LogP contribution is -2.14. The van der Waals surface area contributed by atoms with E-state index in [1.54, 1.807) is 43.9 Å². The van der Waals surface area contributed by atoms with Gasteiger partial charge in [0, 0.05) is 90.8 Å². The molecule has 20 aromatic rings. The summed E-state index contributed by atoms with van der Waals surface area (Å²) in [6, 6.07) is 97.3. The van der Waals surface area contributed by atoms with Crippen molar-refractivity contribution in [3.63, 3.8) is 0 Å². The molecule has 0 unspecified atom stereocenters. The van der Waals surface area contributed by atoms with Gasteiger partial charge in [0.05, 0.1) is 45.5 Å². The van der Waals surface area contributed by atoms with Crippen molar-refractivity contribution in [1.29, 1.82) is 0 Å². The monoisotopic (exact) mass is 1590 g/mol. The molecule has 20 rings (SSSR count). The van der Waals surface area contributed by atoms with Gasteiger partial charge in [0.2, 0.25) is 0 Å². The molecule has 120 heavy (non-hydrogen) atoms. The second-order valence-electron chi connectivity index (χ2n) is 29.0. The first-order valence-corrected chi connectivity index (χ1v) is 38.3. The molecule has 20 aromatic carbocycles. The summed E-state index contributed by atoms with van der Waals surface area (Å²) in [5.41, 5.74) is 5.33. The van der Waals surface area contributed by atoms with Gasteiger partial charge in [-0.05, 0) is 211 Å². The van der Waals surface area contributed by atoms with E-state index in [0.29, 0.717) is 56.6 Å². The number of para-hydroxylation sites is 4. The number of hydrogen-bond donors (Lipinski definition) is 0. The van der Waals surface area contributed by atoms with E-state index in [0.717, 1.165) is 125 Å². The van der Waals surface area contributed by atoms with Gasteiger partial charge in [-0.2, -0.15) is 0 Å². The Morgan fingerprint density at radius 3 is 0.625 bits per heavy atom. The number of halogens is 12. The van der Waals surface area contributed by atoms with Crippen LogP contribution in [0.15, 0.2) is 364 Å². The van der Waals surface area contributed by atoms with Crippen LogP contribution in [0.5, 0.6) is 0 Å². The average Bonchev–Trinajstić information content (AvgIpc) is 0.721. The van der Waals surface area contributed by atoms with Crippen LogP contribution >= 0.6 is 0 Å². The summed E-state index contributed by atoms with van der Waals surface area (Å²) in [6.07, 6.45) is 0. The largest absolute Gasteiger partial charge is 0.307 e. The molecule has 0 saturated heterocycles. The third-order valence-electron chi connectivity index (χ3n) is 21.9. The SMILES string of the molecule is Fc1ccc(-c2cc(F)c(N(c3ccccc3)c3ccc4ccc5c(N(c6ccccc6)c6cc(F)c(-c7ccc(F)cc7)cc6F)ccc6ccc3c4c65)cc2F)cc1.Fc1cccc(-c2cc(F)c(N(c3ccccc3)c3ccc4ccc5c(N(c6ccccc6)c6cc(F)c(-c7cccc(F)c7)cc6F)ccc6ccc3c4c65)cc2F)c1. The molecule has 0 aliphatic rings. The molecule has 580 valence electrons. The van der Waals surface area contributed by atoms with E-state index in [9.17, 15) is 17.6 Å². The molecule has 0 radical (unpaired) electrons. The molecular formula is C104H60F12N4. The normalized spacial score (nSPS) is 11.5. The quantitative estimate of drug-likeness (QED) is 0.0706. The molecule has 0 fully saturated rings. The number of rotatable bonds is 16. The third-order valence-corrected chi connectivity index (χ3v) is 21.9. The Labute approximate surface area is 679 Å². The lowest BCUT2D eigenvalue weighted by molar-refractivity contribution is 0.603. The molecule has 0 N–H and O–H groups in total. The van der Waals surface area contributed by atoms with Crippen molar-refractivity contribution in [2.24, 2.45) is 0 Å². The first-order chi connectivity index (χ1) is 58.5. The Hall–Kier alpha value is -15.2. The number of hydrogen-bond acceptors (Lipinski definition) is 4. The summed E-state index contributed by atoms with van der Waals surface area (Å²) in [4.78, 5) is 6.68. The summed E-state index contributed by atoms with van der Waals surface area (Å²) in [7, 11) is 0. The van der Waals surface area contributed by atoms with E-state index in [2.05, 4.69) is 0 Å². The number of benzene rings is 20. The molecule has 0 heterocycles. The van der Waals surface area contributed by atoms with E-state index >= 15 is 35.1 Å². The molecule has 0 amide bonds. The van der Waals surface area contributed by atoms with Gasteiger partial charge in [-0.1, -0.05) is 194 Å². The van der Waals surface area contributed by atoms with Gasteiger partial charge in [-0.15, -0.1) is 0 Å². The van der Waals surface area contributed by atoms with E-state index in [4.69, 9.17) is 0 Å². The second-order valence-corrected chi connectivity index (χ2v) is 29.0. The Bertz CT molecular complexity index is 6890. The maximum atomic E-state index is 16.5. The summed E-state index contributed by atoms with van der Waals surface area (Å²) >= 11 is 0. The highest BCUT2D eigenvalue weighted by Crippen LogP contribution is 2.53. The molecule has 0 bridgehead atoms. The van der Waals surface area contributed by atoms with Crippen molar-refractivity contribution in [2.75, 3.05) is 19.6 Å². The number of anilines is 12. The predicted octanol–water partition coefficient (Wildman–Crippen LogP) is 31.4. The van der Waals surface area contributed by atoms with Crippen molar-refractivity contribution in [3.8, 4) is 44.5 Å². The van der Waals surface area contributed by atoms with Gasteiger partial charge in [-0.3, -0.25) is 0 Å². The fourth-order valence-corrected chi connectivity index (χ4v) is 16.5. The maximum absolute atomic E-state index is 16.5. The lowest BCUT2D eigenvalue weighted by Gasteiger charge is -2.30. The zero-order valence-corrected chi connectivity index (χ0v) is 63.0. The molecule has 16 heteroatoms. The summed E-state index contributed by atoms with van der Waals surface area (Å²) in [6.45, 7) is 0. The van der Waals surface area contributed by atoms with Gasteiger partial charge >= 0.3 is 0 Å². The molecular weight excluding hydrogens is 1530 g/mol. The van der Waals surface area contributed by atoms with Crippen molar-refractivity contribution >= 4 is 133 Å². The second kappa shape index (κ2) is 30.8. The minimum atomic E-state index is -0.728. The van der Waals surface area contributed by atoms with Crippen LogP contribution in [0.25, 0.3) is 109 Å². The summed E-state index contributed by atoms with van der Waals surface area (Å²) in [5, 5.41) is 9.73. The Balaban J connectivity index is 0.000000159. The maximum Gasteiger partial charge on any atom is 0.148 e. The van der Waals surface area contributed by atoms with Crippen LogP contribution in [0.4, 0.5) is 121 Å². The first-order valence-electron chi connectivity index (χ1n) is 38.3. The molecule has 0 saturated carbocycles. The van der Waals surface area contributed by atoms with Gasteiger partial charge in [0.25, 0.3) is 0 Å². The minimum Gasteiger partial charge on any atom is -0.307 e. The fraction of sp³-hybridized carbons (Fsp3) is 0. The van der Waals surface area contributed by atoms with Gasteiger partial charge in [0.15, 0.2) is 0 Å². The predicted molar refractivity (Wildman–Crippen MR) is 460 cm³/mol. The first kappa shape index (κ1) is 74.9. The van der Waals surface area contributed by atoms with Crippen molar-refractivity contribution in [2.45, 2.75) is 0 Å². The van der Waals surface area contributed by atoms with Gasteiger partial charge in [-0.25, -0.2) is 52.7 Å². The van der Waals surface area contributed by atoms with Crippen molar-refractivity contribution < 1.29 is 52.7 Å². The molecule has 0 aliphatic carbocycles. The Morgan fingerprint density at radius 1 is 0.150 bits per heavy atom. The van der Waals surface area contributed by atoms with Crippen LogP contribution in [0, 0.1) is 69.8 Å². The zero-order chi connectivity index (χ0) is 82.1. The van der Waals surface area contributed by atoms with E-state index < -0.39 is 69.8 Å². The van der Waals surface area contributed by atoms with Crippen LogP contribution in [0.2, 0.25) is 0 Å². The van der Waals surface area contributed by atoms with Gasteiger partial charge < -0.3 is 19.6 Å². The molecule has 4 nitrogen and oxygen atoms in total.